The fraction of sp³-hybridized carbons (Fsp3) is 0.125. The molecule has 2 amide bonds. The lowest BCUT2D eigenvalue weighted by atomic mass is 10.1. The maximum absolute atomic E-state index is 12.3. The molecule has 7 heteroatoms. The molecule has 118 valence electrons. The number of nitrogens with zero attached hydrogens (tertiary/aromatic N) is 1. The Kier molecular flexibility index (Phi) is 3.54. The van der Waals surface area contributed by atoms with Crippen LogP contribution in [0, 0.1) is 6.92 Å². The zero-order valence-electron chi connectivity index (χ0n) is 12.3. The van der Waals surface area contributed by atoms with E-state index in [9.17, 15) is 18.0 Å². The van der Waals surface area contributed by atoms with Gasteiger partial charge in [-0.1, -0.05) is 24.3 Å². The van der Waals surface area contributed by atoms with Crippen LogP contribution >= 0.6 is 0 Å². The van der Waals surface area contributed by atoms with Crippen LogP contribution in [0.25, 0.3) is 0 Å². The van der Waals surface area contributed by atoms with Gasteiger partial charge in [-0.3, -0.25) is 14.5 Å². The van der Waals surface area contributed by atoms with Gasteiger partial charge in [0, 0.05) is 0 Å². The summed E-state index contributed by atoms with van der Waals surface area (Å²) in [4.78, 5) is 25.7. The minimum atomic E-state index is -3.86. The van der Waals surface area contributed by atoms with Crippen molar-refractivity contribution in [3.8, 4) is 0 Å². The molecule has 1 heterocycles. The molecule has 2 aromatic carbocycles. The fourth-order valence-corrected chi connectivity index (χ4v) is 3.45. The smallest absolute Gasteiger partial charge is 0.261 e. The number of carbonyl (C=O) groups excluding carboxylic acids is 2. The highest BCUT2D eigenvalue weighted by molar-refractivity contribution is 7.89. The van der Waals surface area contributed by atoms with Crippen LogP contribution in [-0.2, 0) is 16.6 Å². The lowest BCUT2D eigenvalue weighted by Crippen LogP contribution is -2.29. The van der Waals surface area contributed by atoms with Crippen LogP contribution in [0.1, 0.15) is 31.8 Å². The zero-order chi connectivity index (χ0) is 16.8. The monoisotopic (exact) mass is 330 g/mol. The SMILES string of the molecule is Cc1ccc(CN2C(=O)c3ccccc3C2=O)cc1S(N)(=O)=O. The highest BCUT2D eigenvalue weighted by Gasteiger charge is 2.35. The molecule has 1 aliphatic heterocycles. The summed E-state index contributed by atoms with van der Waals surface area (Å²) in [5.41, 5.74) is 1.75. The molecule has 0 saturated heterocycles. The fourth-order valence-electron chi connectivity index (χ4n) is 2.61. The maximum Gasteiger partial charge on any atom is 0.261 e. The van der Waals surface area contributed by atoms with Gasteiger partial charge < -0.3 is 0 Å². The first-order valence-electron chi connectivity index (χ1n) is 6.86. The van der Waals surface area contributed by atoms with E-state index in [0.717, 1.165) is 4.90 Å². The summed E-state index contributed by atoms with van der Waals surface area (Å²) in [6, 6.07) is 11.3. The third-order valence-corrected chi connectivity index (χ3v) is 4.83. The first-order chi connectivity index (χ1) is 10.8. The highest BCUT2D eigenvalue weighted by atomic mass is 32.2. The maximum atomic E-state index is 12.3. The van der Waals surface area contributed by atoms with E-state index in [-0.39, 0.29) is 23.3 Å². The Bertz CT molecular complexity index is 900. The first-order valence-corrected chi connectivity index (χ1v) is 8.41. The summed E-state index contributed by atoms with van der Waals surface area (Å²) in [6.45, 7) is 1.63. The molecule has 23 heavy (non-hydrogen) atoms. The average Bonchev–Trinajstić information content (AvgIpc) is 2.73. The van der Waals surface area contributed by atoms with Crippen LogP contribution < -0.4 is 5.14 Å². The van der Waals surface area contributed by atoms with Crippen molar-refractivity contribution in [3.63, 3.8) is 0 Å². The van der Waals surface area contributed by atoms with Crippen molar-refractivity contribution in [1.82, 2.24) is 4.90 Å². The van der Waals surface area contributed by atoms with Crippen molar-refractivity contribution < 1.29 is 18.0 Å². The summed E-state index contributed by atoms with van der Waals surface area (Å²) >= 11 is 0. The number of rotatable bonds is 3. The van der Waals surface area contributed by atoms with E-state index < -0.39 is 10.0 Å². The Morgan fingerprint density at radius 2 is 1.57 bits per heavy atom. The number of carbonyl (C=O) groups is 2. The van der Waals surface area contributed by atoms with E-state index in [2.05, 4.69) is 0 Å². The quantitative estimate of drug-likeness (QED) is 0.861. The molecular weight excluding hydrogens is 316 g/mol. The Labute approximate surface area is 133 Å². The van der Waals surface area contributed by atoms with Crippen LogP contribution in [0.15, 0.2) is 47.4 Å². The van der Waals surface area contributed by atoms with E-state index in [4.69, 9.17) is 5.14 Å². The second-order valence-corrected chi connectivity index (χ2v) is 6.92. The van der Waals surface area contributed by atoms with Crippen LogP contribution in [0.4, 0.5) is 0 Å². The third-order valence-electron chi connectivity index (χ3n) is 3.78. The lowest BCUT2D eigenvalue weighted by Gasteiger charge is -2.15. The minimum Gasteiger partial charge on any atom is -0.270 e. The van der Waals surface area contributed by atoms with Crippen LogP contribution in [0.3, 0.4) is 0 Å². The number of aryl methyl sites for hydroxylation is 1. The number of primary sulfonamides is 1. The largest absolute Gasteiger partial charge is 0.270 e. The molecule has 0 unspecified atom stereocenters. The molecule has 0 spiro atoms. The van der Waals surface area contributed by atoms with Gasteiger partial charge in [-0.2, -0.15) is 0 Å². The van der Waals surface area contributed by atoms with Crippen molar-refractivity contribution in [2.24, 2.45) is 5.14 Å². The number of nitrogens with two attached hydrogens (primary N) is 1. The predicted molar refractivity (Wildman–Crippen MR) is 83.2 cm³/mol. The van der Waals surface area contributed by atoms with Gasteiger partial charge in [0.05, 0.1) is 22.6 Å². The Balaban J connectivity index is 1.96. The average molecular weight is 330 g/mol. The Morgan fingerprint density at radius 3 is 2.09 bits per heavy atom. The van der Waals surface area contributed by atoms with Gasteiger partial charge in [-0.05, 0) is 36.2 Å². The van der Waals surface area contributed by atoms with E-state index in [1.807, 2.05) is 0 Å². The second-order valence-electron chi connectivity index (χ2n) is 5.39. The first kappa shape index (κ1) is 15.4. The van der Waals surface area contributed by atoms with Gasteiger partial charge in [0.2, 0.25) is 10.0 Å². The molecule has 2 N–H and O–H groups in total. The topological polar surface area (TPSA) is 97.5 Å². The molecular formula is C16H14N2O4S. The summed E-state index contributed by atoms with van der Waals surface area (Å²) in [6.07, 6.45) is 0. The van der Waals surface area contributed by atoms with Gasteiger partial charge in [0.1, 0.15) is 0 Å². The molecule has 0 radical (unpaired) electrons. The van der Waals surface area contributed by atoms with E-state index in [1.165, 1.54) is 6.07 Å². The summed E-state index contributed by atoms with van der Waals surface area (Å²) in [7, 11) is -3.86. The van der Waals surface area contributed by atoms with Crippen molar-refractivity contribution in [1.29, 1.82) is 0 Å². The van der Waals surface area contributed by atoms with E-state index in [0.29, 0.717) is 22.3 Å². The van der Waals surface area contributed by atoms with Crippen molar-refractivity contribution in [2.75, 3.05) is 0 Å². The summed E-state index contributed by atoms with van der Waals surface area (Å²) < 4.78 is 23.2. The van der Waals surface area contributed by atoms with Crippen molar-refractivity contribution in [3.05, 3.63) is 64.7 Å². The number of sulfonamides is 1. The highest BCUT2D eigenvalue weighted by Crippen LogP contribution is 2.25. The number of hydrogen-bond donors (Lipinski definition) is 1. The second kappa shape index (κ2) is 5.29. The number of imide groups is 1. The Morgan fingerprint density at radius 1 is 1.00 bits per heavy atom. The number of fused-ring (bicyclic) bond motifs is 1. The molecule has 0 atom stereocenters. The van der Waals surface area contributed by atoms with E-state index >= 15 is 0 Å². The predicted octanol–water partition coefficient (Wildman–Crippen LogP) is 1.44. The molecule has 0 bridgehead atoms. The molecule has 0 aliphatic carbocycles. The summed E-state index contributed by atoms with van der Waals surface area (Å²) in [5, 5.41) is 5.18. The van der Waals surface area contributed by atoms with Gasteiger partial charge in [-0.15, -0.1) is 0 Å². The standard InChI is InChI=1S/C16H14N2O4S/c1-10-6-7-11(8-14(10)23(17,21)22)9-18-15(19)12-4-2-3-5-13(12)16(18)20/h2-8H,9H2,1H3,(H2,17,21,22). The molecule has 0 fully saturated rings. The normalized spacial score (nSPS) is 14.3. The number of amides is 2. The minimum absolute atomic E-state index is 0.00481. The van der Waals surface area contributed by atoms with Crippen LogP contribution in [0.2, 0.25) is 0 Å². The van der Waals surface area contributed by atoms with Gasteiger partial charge in [0.15, 0.2) is 0 Å². The van der Waals surface area contributed by atoms with Crippen molar-refractivity contribution >= 4 is 21.8 Å². The van der Waals surface area contributed by atoms with Gasteiger partial charge in [-0.25, -0.2) is 13.6 Å². The molecule has 0 aromatic heterocycles. The van der Waals surface area contributed by atoms with Gasteiger partial charge in [0.25, 0.3) is 11.8 Å². The molecule has 3 rings (SSSR count). The zero-order valence-corrected chi connectivity index (χ0v) is 13.1. The van der Waals surface area contributed by atoms with Crippen molar-refractivity contribution in [2.45, 2.75) is 18.4 Å². The van der Waals surface area contributed by atoms with Crippen LogP contribution in [0.5, 0.6) is 0 Å². The number of hydrogen-bond acceptors (Lipinski definition) is 4. The number of benzene rings is 2. The van der Waals surface area contributed by atoms with Crippen LogP contribution in [-0.4, -0.2) is 25.1 Å². The molecule has 0 saturated carbocycles. The van der Waals surface area contributed by atoms with Gasteiger partial charge >= 0.3 is 0 Å². The van der Waals surface area contributed by atoms with E-state index in [1.54, 1.807) is 43.3 Å². The third kappa shape index (κ3) is 2.64. The Hall–Kier alpha value is -2.51. The molecule has 1 aliphatic rings. The lowest BCUT2D eigenvalue weighted by molar-refractivity contribution is 0.0642. The summed E-state index contributed by atoms with van der Waals surface area (Å²) in [5.74, 6) is -0.772. The molecule has 2 aromatic rings. The molecule has 6 nitrogen and oxygen atoms in total.